The maximum absolute atomic E-state index is 12.0. The van der Waals surface area contributed by atoms with Gasteiger partial charge in [0.2, 0.25) is 11.8 Å². The molecule has 1 heterocycles. The molecule has 1 aliphatic carbocycles. The fourth-order valence-corrected chi connectivity index (χ4v) is 3.17. The van der Waals surface area contributed by atoms with E-state index in [4.69, 9.17) is 5.73 Å². The van der Waals surface area contributed by atoms with Crippen LogP contribution in [0.5, 0.6) is 0 Å². The van der Waals surface area contributed by atoms with Gasteiger partial charge in [-0.3, -0.25) is 14.5 Å². The number of carbonyl (C=O) groups is 2. The lowest BCUT2D eigenvalue weighted by Crippen LogP contribution is -2.37. The lowest BCUT2D eigenvalue weighted by Gasteiger charge is -2.22. The number of amides is 2. The molecule has 18 heavy (non-hydrogen) atoms. The maximum Gasteiger partial charge on any atom is 0.233 e. The Morgan fingerprint density at radius 1 is 1.33 bits per heavy atom. The van der Waals surface area contributed by atoms with Crippen LogP contribution in [0.25, 0.3) is 0 Å². The van der Waals surface area contributed by atoms with Gasteiger partial charge in [-0.05, 0) is 17.7 Å². The third kappa shape index (κ3) is 1.09. The van der Waals surface area contributed by atoms with Gasteiger partial charge in [0.1, 0.15) is 0 Å². The van der Waals surface area contributed by atoms with Gasteiger partial charge in [0.15, 0.2) is 0 Å². The molecule has 0 spiro atoms. The number of nitrogen functional groups attached to an aromatic ring is 1. The Kier molecular flexibility index (Phi) is 2.07. The minimum atomic E-state index is -0.754. The number of carbonyl (C=O) groups excluding carboxylic acids is 2. The van der Waals surface area contributed by atoms with Gasteiger partial charge in [0.25, 0.3) is 0 Å². The average molecular weight is 246 g/mol. The number of nitrogens with two attached hydrogens (primary N) is 1. The van der Waals surface area contributed by atoms with E-state index < -0.39 is 17.3 Å². The summed E-state index contributed by atoms with van der Waals surface area (Å²) in [5.74, 6) is -1.27. The molecule has 2 fully saturated rings. The fourth-order valence-electron chi connectivity index (χ4n) is 3.17. The Morgan fingerprint density at radius 2 is 1.94 bits per heavy atom. The van der Waals surface area contributed by atoms with Gasteiger partial charge in [-0.1, -0.05) is 12.1 Å². The number of rotatable bonds is 2. The zero-order valence-electron chi connectivity index (χ0n) is 9.96. The Balaban J connectivity index is 2.06. The highest BCUT2D eigenvalue weighted by molar-refractivity contribution is 6.11. The third-order valence-corrected chi connectivity index (χ3v) is 4.21. The Labute approximate surface area is 104 Å². The highest BCUT2D eigenvalue weighted by Gasteiger charge is 2.77. The first kappa shape index (κ1) is 11.2. The van der Waals surface area contributed by atoms with Crippen LogP contribution in [0.15, 0.2) is 24.3 Å². The average Bonchev–Trinajstić information content (AvgIpc) is 3.00. The molecule has 0 aromatic heterocycles. The van der Waals surface area contributed by atoms with Crippen molar-refractivity contribution in [2.24, 2.45) is 11.8 Å². The van der Waals surface area contributed by atoms with Gasteiger partial charge in [-0.2, -0.15) is 0 Å². The molecule has 1 aromatic carbocycles. The van der Waals surface area contributed by atoms with E-state index in [1.54, 1.807) is 18.2 Å². The second-order valence-corrected chi connectivity index (χ2v) is 5.01. The van der Waals surface area contributed by atoms with Gasteiger partial charge >= 0.3 is 0 Å². The van der Waals surface area contributed by atoms with Crippen LogP contribution in [0.3, 0.4) is 0 Å². The number of nitrogens with zero attached hydrogens (tertiary/aromatic N) is 1. The molecule has 1 saturated carbocycles. The molecule has 3 rings (SSSR count). The number of aliphatic hydroxyl groups excluding tert-OH is 1. The van der Waals surface area contributed by atoms with Crippen LogP contribution in [-0.4, -0.2) is 35.5 Å². The summed E-state index contributed by atoms with van der Waals surface area (Å²) in [5.41, 5.74) is 6.31. The van der Waals surface area contributed by atoms with Gasteiger partial charge in [-0.25, -0.2) is 0 Å². The number of fused-ring (bicyclic) bond motifs is 1. The van der Waals surface area contributed by atoms with E-state index in [2.05, 4.69) is 0 Å². The summed E-state index contributed by atoms with van der Waals surface area (Å²) >= 11 is 0. The molecule has 0 bridgehead atoms. The normalized spacial score (nSPS) is 33.8. The number of anilines is 1. The predicted octanol–water partition coefficient (Wildman–Crippen LogP) is -0.257. The summed E-state index contributed by atoms with van der Waals surface area (Å²) in [5, 5.41) is 9.66. The van der Waals surface area contributed by atoms with Crippen LogP contribution >= 0.6 is 0 Å². The number of hydrogen-bond donors (Lipinski definition) is 2. The number of aliphatic hydroxyl groups is 1. The SMILES string of the molecule is CN1C(=O)[C@@H]2[C@H](C1=O)C2(CO)c1cccc(N)c1. The molecule has 2 amide bonds. The van der Waals surface area contributed by atoms with Crippen molar-refractivity contribution >= 4 is 17.5 Å². The Bertz CT molecular complexity index is 533. The summed E-state index contributed by atoms with van der Waals surface area (Å²) < 4.78 is 0. The van der Waals surface area contributed by atoms with Crippen LogP contribution in [0.4, 0.5) is 5.69 Å². The standard InChI is InChI=1S/C13H14N2O3/c1-15-11(17)9-10(12(15)18)13(9,6-16)7-3-2-4-8(14)5-7/h2-5,9-10,16H,6,14H2,1H3/t9-,10+,13?. The van der Waals surface area contributed by atoms with Crippen molar-refractivity contribution in [2.75, 3.05) is 19.4 Å². The molecule has 1 unspecified atom stereocenters. The molecule has 3 N–H and O–H groups in total. The van der Waals surface area contributed by atoms with E-state index in [-0.39, 0.29) is 18.4 Å². The molecule has 94 valence electrons. The third-order valence-electron chi connectivity index (χ3n) is 4.21. The molecule has 1 saturated heterocycles. The summed E-state index contributed by atoms with van der Waals surface area (Å²) in [6.45, 7) is -0.211. The maximum atomic E-state index is 12.0. The van der Waals surface area contributed by atoms with E-state index in [0.717, 1.165) is 10.5 Å². The molecule has 1 aliphatic heterocycles. The van der Waals surface area contributed by atoms with Crippen molar-refractivity contribution in [1.29, 1.82) is 0 Å². The molecule has 0 radical (unpaired) electrons. The lowest BCUT2D eigenvalue weighted by atomic mass is 9.90. The van der Waals surface area contributed by atoms with Crippen LogP contribution in [0, 0.1) is 11.8 Å². The number of benzene rings is 1. The van der Waals surface area contributed by atoms with E-state index in [1.165, 1.54) is 7.05 Å². The fraction of sp³-hybridized carbons (Fsp3) is 0.385. The van der Waals surface area contributed by atoms with Crippen LogP contribution < -0.4 is 5.73 Å². The van der Waals surface area contributed by atoms with Crippen LogP contribution in [0.1, 0.15) is 5.56 Å². The first-order chi connectivity index (χ1) is 8.54. The molecule has 2 aliphatic rings. The van der Waals surface area contributed by atoms with Gasteiger partial charge in [0, 0.05) is 18.2 Å². The number of imide groups is 1. The van der Waals surface area contributed by atoms with Gasteiger partial charge in [-0.15, -0.1) is 0 Å². The zero-order valence-corrected chi connectivity index (χ0v) is 9.96. The largest absolute Gasteiger partial charge is 0.399 e. The van der Waals surface area contributed by atoms with Crippen molar-refractivity contribution in [3.63, 3.8) is 0 Å². The highest BCUT2D eigenvalue weighted by atomic mass is 16.3. The predicted molar refractivity (Wildman–Crippen MR) is 64.4 cm³/mol. The minimum Gasteiger partial charge on any atom is -0.399 e. The second-order valence-electron chi connectivity index (χ2n) is 5.01. The van der Waals surface area contributed by atoms with Crippen molar-refractivity contribution in [1.82, 2.24) is 4.90 Å². The summed E-state index contributed by atoms with van der Waals surface area (Å²) in [7, 11) is 1.48. The topological polar surface area (TPSA) is 83.6 Å². The Morgan fingerprint density at radius 3 is 2.44 bits per heavy atom. The second kappa shape index (κ2) is 3.32. The minimum absolute atomic E-state index is 0.207. The van der Waals surface area contributed by atoms with Crippen molar-refractivity contribution < 1.29 is 14.7 Å². The highest BCUT2D eigenvalue weighted by Crippen LogP contribution is 2.64. The zero-order chi connectivity index (χ0) is 13.1. The van der Waals surface area contributed by atoms with Gasteiger partial charge < -0.3 is 10.8 Å². The van der Waals surface area contributed by atoms with E-state index in [1.807, 2.05) is 6.07 Å². The molecule has 3 atom stereocenters. The number of likely N-dealkylation sites (tertiary alicyclic amines) is 1. The summed E-state index contributed by atoms with van der Waals surface area (Å²) in [4.78, 5) is 25.1. The van der Waals surface area contributed by atoms with Gasteiger partial charge in [0.05, 0.1) is 18.4 Å². The van der Waals surface area contributed by atoms with Crippen LogP contribution in [-0.2, 0) is 15.0 Å². The molecule has 1 aromatic rings. The van der Waals surface area contributed by atoms with E-state index in [9.17, 15) is 14.7 Å². The number of piperidine rings is 1. The quantitative estimate of drug-likeness (QED) is 0.556. The first-order valence-electron chi connectivity index (χ1n) is 5.82. The monoisotopic (exact) mass is 246 g/mol. The van der Waals surface area contributed by atoms with Crippen molar-refractivity contribution in [3.8, 4) is 0 Å². The summed E-state index contributed by atoms with van der Waals surface area (Å²) in [6.07, 6.45) is 0. The lowest BCUT2D eigenvalue weighted by molar-refractivity contribution is -0.141. The molecule has 5 nitrogen and oxygen atoms in total. The van der Waals surface area contributed by atoms with Crippen molar-refractivity contribution in [3.05, 3.63) is 29.8 Å². The molecular weight excluding hydrogens is 232 g/mol. The smallest absolute Gasteiger partial charge is 0.233 e. The van der Waals surface area contributed by atoms with Crippen molar-refractivity contribution in [2.45, 2.75) is 5.41 Å². The molecule has 5 heteroatoms. The van der Waals surface area contributed by atoms with E-state index >= 15 is 0 Å². The summed E-state index contributed by atoms with van der Waals surface area (Å²) in [6, 6.07) is 7.05. The molecular formula is C13H14N2O3. The van der Waals surface area contributed by atoms with Crippen LogP contribution in [0.2, 0.25) is 0 Å². The van der Waals surface area contributed by atoms with E-state index in [0.29, 0.717) is 5.69 Å². The Hall–Kier alpha value is -1.88. The first-order valence-corrected chi connectivity index (χ1v) is 5.82. The number of hydrogen-bond acceptors (Lipinski definition) is 4.